The van der Waals surface area contributed by atoms with E-state index in [2.05, 4.69) is 0 Å². The van der Waals surface area contributed by atoms with Crippen molar-refractivity contribution >= 4 is 11.4 Å². The van der Waals surface area contributed by atoms with E-state index >= 15 is 0 Å². The fourth-order valence-corrected chi connectivity index (χ4v) is 0.741. The molecule has 0 amide bonds. The molecule has 3 N–H and O–H groups in total. The van der Waals surface area contributed by atoms with E-state index in [9.17, 15) is 4.48 Å². The van der Waals surface area contributed by atoms with E-state index < -0.39 is 0 Å². The molecule has 3 heteroatoms. The Morgan fingerprint density at radius 2 is 2.20 bits per heavy atom. The number of nitrogen functional groups attached to an aromatic ring is 1. The number of anilines is 2. The van der Waals surface area contributed by atoms with E-state index in [1.807, 2.05) is 0 Å². The first-order valence-corrected chi connectivity index (χ1v) is 2.97. The van der Waals surface area contributed by atoms with Gasteiger partial charge in [-0.1, -0.05) is 6.07 Å². The fraction of sp³-hybridized carbons (Fsp3) is 0.143. The van der Waals surface area contributed by atoms with Gasteiger partial charge in [-0.2, -0.15) is 0 Å². The second-order valence-corrected chi connectivity index (χ2v) is 2.17. The summed E-state index contributed by atoms with van der Waals surface area (Å²) < 4.78 is 11.9. The Hall–Kier alpha value is -1.25. The Bertz CT molecular complexity index is 235. The summed E-state index contributed by atoms with van der Waals surface area (Å²) in [6.45, 7) is 1.81. The summed E-state index contributed by atoms with van der Waals surface area (Å²) in [5.74, 6) is 0. The molecular weight excluding hydrogens is 131 g/mol. The van der Waals surface area contributed by atoms with Crippen molar-refractivity contribution in [1.29, 1.82) is 0 Å². The minimum Gasteiger partial charge on any atom is -0.399 e. The van der Waals surface area contributed by atoms with Gasteiger partial charge in [-0.3, -0.25) is 0 Å². The zero-order valence-electron chi connectivity index (χ0n) is 5.69. The van der Waals surface area contributed by atoms with Gasteiger partial charge in [0.2, 0.25) is 0 Å². The van der Waals surface area contributed by atoms with E-state index in [-0.39, 0.29) is 0 Å². The van der Waals surface area contributed by atoms with E-state index in [0.717, 1.165) is 5.56 Å². The standard InChI is InChI=1S/C7H9FN2/c1-5-2-3-6(9)4-7(5)10-8/h2-4,10H,9H2,1H3. The lowest BCUT2D eigenvalue weighted by molar-refractivity contribution is 0.617. The third-order valence-electron chi connectivity index (χ3n) is 1.36. The predicted molar refractivity (Wildman–Crippen MR) is 40.3 cm³/mol. The second kappa shape index (κ2) is 2.56. The summed E-state index contributed by atoms with van der Waals surface area (Å²) in [6.07, 6.45) is 0. The Kier molecular flexibility index (Phi) is 1.76. The molecular formula is C7H9FN2. The number of benzene rings is 1. The summed E-state index contributed by atoms with van der Waals surface area (Å²) in [4.78, 5) is 0. The van der Waals surface area contributed by atoms with Crippen LogP contribution in [0.4, 0.5) is 15.9 Å². The molecule has 0 heterocycles. The van der Waals surface area contributed by atoms with Gasteiger partial charge in [0.15, 0.2) is 0 Å². The van der Waals surface area contributed by atoms with Crippen molar-refractivity contribution in [3.63, 3.8) is 0 Å². The molecule has 0 saturated carbocycles. The van der Waals surface area contributed by atoms with Crippen LogP contribution in [0.15, 0.2) is 18.2 Å². The molecule has 0 atom stereocenters. The molecule has 1 rings (SSSR count). The molecule has 0 aliphatic heterocycles. The number of halogens is 1. The molecule has 10 heavy (non-hydrogen) atoms. The predicted octanol–water partition coefficient (Wildman–Crippen LogP) is 1.87. The quantitative estimate of drug-likeness (QED) is 0.461. The summed E-state index contributed by atoms with van der Waals surface area (Å²) in [7, 11) is 0. The largest absolute Gasteiger partial charge is 0.399 e. The lowest BCUT2D eigenvalue weighted by atomic mass is 10.2. The molecule has 0 aliphatic carbocycles. The molecule has 0 saturated heterocycles. The maximum Gasteiger partial charge on any atom is 0.0705 e. The van der Waals surface area contributed by atoms with Crippen molar-refractivity contribution in [3.05, 3.63) is 23.8 Å². The Morgan fingerprint density at radius 3 is 2.70 bits per heavy atom. The topological polar surface area (TPSA) is 38.0 Å². The Balaban J connectivity index is 3.09. The van der Waals surface area contributed by atoms with Crippen LogP contribution in [0.2, 0.25) is 0 Å². The first-order chi connectivity index (χ1) is 4.74. The smallest absolute Gasteiger partial charge is 0.0705 e. The summed E-state index contributed by atoms with van der Waals surface area (Å²) >= 11 is 0. The first kappa shape index (κ1) is 6.86. The van der Waals surface area contributed by atoms with Gasteiger partial charge in [-0.25, -0.2) is 5.54 Å². The normalized spacial score (nSPS) is 9.40. The summed E-state index contributed by atoms with van der Waals surface area (Å²) in [6, 6.07) is 5.04. The van der Waals surface area contributed by atoms with Crippen molar-refractivity contribution in [2.24, 2.45) is 0 Å². The molecule has 2 nitrogen and oxygen atoms in total. The average Bonchev–Trinajstić information content (AvgIpc) is 1.94. The van der Waals surface area contributed by atoms with Crippen LogP contribution in [-0.4, -0.2) is 0 Å². The average molecular weight is 140 g/mol. The zero-order valence-corrected chi connectivity index (χ0v) is 5.69. The maximum absolute atomic E-state index is 11.9. The highest BCUT2D eigenvalue weighted by Crippen LogP contribution is 2.17. The molecule has 1 aromatic carbocycles. The van der Waals surface area contributed by atoms with Crippen molar-refractivity contribution in [2.45, 2.75) is 6.92 Å². The highest BCUT2D eigenvalue weighted by Gasteiger charge is 1.95. The van der Waals surface area contributed by atoms with Gasteiger partial charge in [0.05, 0.1) is 5.69 Å². The third kappa shape index (κ3) is 1.18. The molecule has 1 aromatic rings. The highest BCUT2D eigenvalue weighted by molar-refractivity contribution is 5.57. The Morgan fingerprint density at radius 1 is 1.50 bits per heavy atom. The molecule has 0 bridgehead atoms. The number of hydrogen-bond donors (Lipinski definition) is 2. The van der Waals surface area contributed by atoms with Gasteiger partial charge in [0.1, 0.15) is 0 Å². The van der Waals surface area contributed by atoms with Gasteiger partial charge in [-0.15, -0.1) is 4.48 Å². The van der Waals surface area contributed by atoms with Crippen LogP contribution >= 0.6 is 0 Å². The molecule has 0 spiro atoms. The summed E-state index contributed by atoms with van der Waals surface area (Å²) in [5, 5.41) is 0. The number of nitrogens with one attached hydrogen (secondary N) is 1. The van der Waals surface area contributed by atoms with Crippen LogP contribution in [-0.2, 0) is 0 Å². The van der Waals surface area contributed by atoms with E-state index in [1.54, 1.807) is 30.7 Å². The zero-order chi connectivity index (χ0) is 7.56. The minimum absolute atomic E-state index is 0.431. The van der Waals surface area contributed by atoms with Gasteiger partial charge in [0, 0.05) is 5.69 Å². The van der Waals surface area contributed by atoms with Crippen molar-refractivity contribution < 1.29 is 4.48 Å². The third-order valence-corrected chi connectivity index (χ3v) is 1.36. The molecule has 0 aromatic heterocycles. The molecule has 0 fully saturated rings. The molecule has 54 valence electrons. The van der Waals surface area contributed by atoms with E-state index in [0.29, 0.717) is 11.4 Å². The van der Waals surface area contributed by atoms with Crippen molar-refractivity contribution in [2.75, 3.05) is 11.3 Å². The van der Waals surface area contributed by atoms with Gasteiger partial charge < -0.3 is 5.73 Å². The monoisotopic (exact) mass is 140 g/mol. The SMILES string of the molecule is Cc1ccc(N)cc1NF. The summed E-state index contributed by atoms with van der Waals surface area (Å²) in [5.41, 5.74) is 8.79. The van der Waals surface area contributed by atoms with Crippen molar-refractivity contribution in [1.82, 2.24) is 0 Å². The molecule has 0 radical (unpaired) electrons. The van der Waals surface area contributed by atoms with E-state index in [1.165, 1.54) is 0 Å². The van der Waals surface area contributed by atoms with Crippen LogP contribution < -0.4 is 11.3 Å². The number of nitrogens with two attached hydrogens (primary N) is 1. The van der Waals surface area contributed by atoms with Crippen LogP contribution in [0, 0.1) is 6.92 Å². The van der Waals surface area contributed by atoms with Crippen LogP contribution in [0.25, 0.3) is 0 Å². The highest BCUT2D eigenvalue weighted by atomic mass is 19.2. The van der Waals surface area contributed by atoms with Gasteiger partial charge >= 0.3 is 0 Å². The number of aryl methyl sites for hydroxylation is 1. The first-order valence-electron chi connectivity index (χ1n) is 2.97. The minimum atomic E-state index is 0.431. The number of rotatable bonds is 1. The van der Waals surface area contributed by atoms with E-state index in [4.69, 9.17) is 5.73 Å². The fourth-order valence-electron chi connectivity index (χ4n) is 0.741. The Labute approximate surface area is 58.8 Å². The van der Waals surface area contributed by atoms with Gasteiger partial charge in [-0.05, 0) is 24.6 Å². The molecule has 0 aliphatic rings. The number of hydrogen-bond acceptors (Lipinski definition) is 2. The maximum atomic E-state index is 11.9. The lowest BCUT2D eigenvalue weighted by Crippen LogP contribution is -1.90. The lowest BCUT2D eigenvalue weighted by Gasteiger charge is -2.01. The second-order valence-electron chi connectivity index (χ2n) is 2.17. The van der Waals surface area contributed by atoms with Crippen LogP contribution in [0.1, 0.15) is 5.56 Å². The van der Waals surface area contributed by atoms with Crippen LogP contribution in [0.5, 0.6) is 0 Å². The molecule has 0 unspecified atom stereocenters. The van der Waals surface area contributed by atoms with Crippen LogP contribution in [0.3, 0.4) is 0 Å². The van der Waals surface area contributed by atoms with Gasteiger partial charge in [0.25, 0.3) is 0 Å². The van der Waals surface area contributed by atoms with Crippen molar-refractivity contribution in [3.8, 4) is 0 Å².